The molecular formula is C30H42N2O. The number of aromatic nitrogens is 1. The van der Waals surface area contributed by atoms with E-state index in [4.69, 9.17) is 4.99 Å². The zero-order valence-electron chi connectivity index (χ0n) is 22.3. The van der Waals surface area contributed by atoms with Crippen LogP contribution >= 0.6 is 0 Å². The molecule has 1 saturated carbocycles. The summed E-state index contributed by atoms with van der Waals surface area (Å²) in [6.45, 7) is 22.8. The molecule has 178 valence electrons. The number of aliphatic imine (C=N–C) groups is 1. The molecule has 2 aliphatic rings. The van der Waals surface area contributed by atoms with Crippen LogP contribution in [0.25, 0.3) is 0 Å². The van der Waals surface area contributed by atoms with E-state index in [0.29, 0.717) is 5.92 Å². The van der Waals surface area contributed by atoms with E-state index in [2.05, 4.69) is 92.4 Å². The lowest BCUT2D eigenvalue weighted by molar-refractivity contribution is 0.101. The lowest BCUT2D eigenvalue weighted by Gasteiger charge is -2.32. The molecule has 33 heavy (non-hydrogen) atoms. The summed E-state index contributed by atoms with van der Waals surface area (Å²) in [5.41, 5.74) is 8.23. The average molecular weight is 447 g/mol. The van der Waals surface area contributed by atoms with Gasteiger partial charge in [0.05, 0.1) is 11.4 Å². The first-order valence-corrected chi connectivity index (χ1v) is 12.4. The van der Waals surface area contributed by atoms with Gasteiger partial charge in [0.25, 0.3) is 0 Å². The molecule has 1 N–H and O–H groups in total. The molecule has 1 fully saturated rings. The Morgan fingerprint density at radius 1 is 0.970 bits per heavy atom. The van der Waals surface area contributed by atoms with E-state index in [1.807, 2.05) is 6.07 Å². The predicted octanol–water partition coefficient (Wildman–Crippen LogP) is 7.36. The van der Waals surface area contributed by atoms with Crippen molar-refractivity contribution in [1.82, 2.24) is 4.98 Å². The number of benzene rings is 1. The molecule has 1 spiro atoms. The second kappa shape index (κ2) is 7.50. The number of hydrogen-bond donors (Lipinski definition) is 1. The van der Waals surface area contributed by atoms with E-state index in [0.717, 1.165) is 29.9 Å². The summed E-state index contributed by atoms with van der Waals surface area (Å²) >= 11 is 0. The molecule has 0 saturated heterocycles. The summed E-state index contributed by atoms with van der Waals surface area (Å²) in [6.07, 6.45) is 3.18. The van der Waals surface area contributed by atoms with Gasteiger partial charge in [-0.05, 0) is 64.3 Å². The minimum absolute atomic E-state index is 0.0192. The fraction of sp³-hybridized carbons (Fsp3) is 0.600. The fourth-order valence-electron chi connectivity index (χ4n) is 5.54. The van der Waals surface area contributed by atoms with Crippen LogP contribution in [-0.2, 0) is 22.7 Å². The van der Waals surface area contributed by atoms with Gasteiger partial charge in [0.15, 0.2) is 0 Å². The molecular weight excluding hydrogens is 404 g/mol. The Hall–Kier alpha value is -2.00. The first-order chi connectivity index (χ1) is 15.1. The first-order valence-electron chi connectivity index (χ1n) is 12.4. The number of aliphatic hydroxyl groups is 1. The molecule has 3 heteroatoms. The van der Waals surface area contributed by atoms with E-state index >= 15 is 0 Å². The number of nitrogens with zero attached hydrogens (tertiary/aromatic N) is 2. The van der Waals surface area contributed by atoms with Gasteiger partial charge in [-0.3, -0.25) is 9.98 Å². The highest BCUT2D eigenvalue weighted by atomic mass is 16.3. The standard InChI is InChI=1S/C30H42N2O/c1-18(23-17-30(23)16-19-12-11-13-31-24(19)26(30)33)32-25-21(28(5,6)7)14-20(27(2,3)4)15-22(25)29(8,9)10/h11-15,23,26,33H,16-17H2,1-10H3. The molecule has 1 aromatic carbocycles. The smallest absolute Gasteiger partial charge is 0.103 e. The van der Waals surface area contributed by atoms with Crippen molar-refractivity contribution >= 4 is 11.4 Å². The van der Waals surface area contributed by atoms with Gasteiger partial charge in [-0.1, -0.05) is 80.5 Å². The quantitative estimate of drug-likeness (QED) is 0.490. The molecule has 2 aliphatic carbocycles. The van der Waals surface area contributed by atoms with Gasteiger partial charge in [0.2, 0.25) is 0 Å². The molecule has 0 amide bonds. The number of rotatable bonds is 2. The van der Waals surface area contributed by atoms with Crippen molar-refractivity contribution in [2.45, 2.75) is 104 Å². The summed E-state index contributed by atoms with van der Waals surface area (Å²) < 4.78 is 0. The molecule has 0 aliphatic heterocycles. The van der Waals surface area contributed by atoms with Crippen LogP contribution in [0.15, 0.2) is 35.5 Å². The summed E-state index contributed by atoms with van der Waals surface area (Å²) in [5, 5.41) is 11.1. The van der Waals surface area contributed by atoms with Crippen LogP contribution in [0.3, 0.4) is 0 Å². The molecule has 2 aromatic rings. The first kappa shape index (κ1) is 24.1. The maximum atomic E-state index is 11.1. The van der Waals surface area contributed by atoms with Gasteiger partial charge in [-0.25, -0.2) is 0 Å². The lowest BCUT2D eigenvalue weighted by Crippen LogP contribution is -2.22. The maximum absolute atomic E-state index is 11.1. The maximum Gasteiger partial charge on any atom is 0.103 e. The number of aliphatic hydroxyl groups excluding tert-OH is 1. The van der Waals surface area contributed by atoms with Crippen molar-refractivity contribution in [2.24, 2.45) is 16.3 Å². The lowest BCUT2D eigenvalue weighted by atomic mass is 9.74. The summed E-state index contributed by atoms with van der Waals surface area (Å²) in [5.74, 6) is 0.296. The highest BCUT2D eigenvalue weighted by Gasteiger charge is 2.64. The number of hydrogen-bond acceptors (Lipinski definition) is 3. The Balaban J connectivity index is 1.81. The Morgan fingerprint density at radius 2 is 1.55 bits per heavy atom. The van der Waals surface area contributed by atoms with E-state index in [9.17, 15) is 5.11 Å². The molecule has 3 unspecified atom stereocenters. The van der Waals surface area contributed by atoms with E-state index in [-0.39, 0.29) is 21.7 Å². The second-order valence-corrected chi connectivity index (χ2v) is 13.5. The second-order valence-electron chi connectivity index (χ2n) is 13.5. The number of fused-ring (bicyclic) bond motifs is 1. The minimum atomic E-state index is -0.490. The third-order valence-corrected chi connectivity index (χ3v) is 7.75. The van der Waals surface area contributed by atoms with Crippen LogP contribution in [-0.4, -0.2) is 15.8 Å². The normalized spacial score (nSPS) is 25.5. The number of pyridine rings is 1. The van der Waals surface area contributed by atoms with Gasteiger partial charge >= 0.3 is 0 Å². The average Bonchev–Trinajstić information content (AvgIpc) is 3.33. The van der Waals surface area contributed by atoms with Crippen molar-refractivity contribution in [3.05, 3.63) is 58.4 Å². The van der Waals surface area contributed by atoms with Crippen LogP contribution in [0.1, 0.15) is 110 Å². The molecule has 1 aromatic heterocycles. The van der Waals surface area contributed by atoms with Gasteiger partial charge in [0, 0.05) is 23.2 Å². The monoisotopic (exact) mass is 446 g/mol. The highest BCUT2D eigenvalue weighted by molar-refractivity contribution is 5.91. The van der Waals surface area contributed by atoms with Crippen molar-refractivity contribution in [1.29, 1.82) is 0 Å². The third-order valence-electron chi connectivity index (χ3n) is 7.75. The Bertz CT molecular complexity index is 1070. The van der Waals surface area contributed by atoms with E-state index in [1.165, 1.54) is 22.3 Å². The van der Waals surface area contributed by atoms with Gasteiger partial charge < -0.3 is 5.11 Å². The van der Waals surface area contributed by atoms with Gasteiger partial charge in [-0.15, -0.1) is 0 Å². The Labute approximate surface area is 200 Å². The van der Waals surface area contributed by atoms with Crippen molar-refractivity contribution < 1.29 is 5.11 Å². The molecule has 0 bridgehead atoms. The molecule has 4 rings (SSSR count). The summed E-state index contributed by atoms with van der Waals surface area (Å²) in [6, 6.07) is 8.86. The van der Waals surface area contributed by atoms with E-state index < -0.39 is 6.10 Å². The molecule has 3 nitrogen and oxygen atoms in total. The van der Waals surface area contributed by atoms with Crippen molar-refractivity contribution in [2.75, 3.05) is 0 Å². The van der Waals surface area contributed by atoms with Gasteiger partial charge in [0.1, 0.15) is 6.10 Å². The van der Waals surface area contributed by atoms with Crippen LogP contribution in [0.5, 0.6) is 0 Å². The fourth-order valence-corrected chi connectivity index (χ4v) is 5.54. The molecule has 1 heterocycles. The SMILES string of the molecule is CC(=Nc1c(C(C)(C)C)cc(C(C)(C)C)cc1C(C)(C)C)C1CC12Cc1cccnc1C2O. The third kappa shape index (κ3) is 4.18. The van der Waals surface area contributed by atoms with Crippen LogP contribution < -0.4 is 0 Å². The van der Waals surface area contributed by atoms with E-state index in [1.54, 1.807) is 6.20 Å². The molecule has 0 radical (unpaired) electrons. The Kier molecular flexibility index (Phi) is 5.49. The predicted molar refractivity (Wildman–Crippen MR) is 139 cm³/mol. The highest BCUT2D eigenvalue weighted by Crippen LogP contribution is 2.66. The zero-order valence-corrected chi connectivity index (χ0v) is 22.3. The van der Waals surface area contributed by atoms with Crippen molar-refractivity contribution in [3.8, 4) is 0 Å². The van der Waals surface area contributed by atoms with Crippen molar-refractivity contribution in [3.63, 3.8) is 0 Å². The van der Waals surface area contributed by atoms with Crippen LogP contribution in [0.4, 0.5) is 5.69 Å². The summed E-state index contributed by atoms with van der Waals surface area (Å²) in [7, 11) is 0. The molecule has 3 atom stereocenters. The Morgan fingerprint density at radius 3 is 2.03 bits per heavy atom. The van der Waals surface area contributed by atoms with Gasteiger partial charge in [-0.2, -0.15) is 0 Å². The minimum Gasteiger partial charge on any atom is -0.386 e. The van der Waals surface area contributed by atoms with Crippen LogP contribution in [0, 0.1) is 11.3 Å². The summed E-state index contributed by atoms with van der Waals surface area (Å²) in [4.78, 5) is 9.87. The topological polar surface area (TPSA) is 45.5 Å². The largest absolute Gasteiger partial charge is 0.386 e. The zero-order chi connectivity index (χ0) is 24.6. The van der Waals surface area contributed by atoms with Crippen LogP contribution in [0.2, 0.25) is 0 Å².